The number of rotatable bonds is 7. The Morgan fingerprint density at radius 3 is 2.24 bits per heavy atom. The van der Waals surface area contributed by atoms with Gasteiger partial charge in [0, 0.05) is 73.7 Å². The molecule has 1 saturated heterocycles. The third kappa shape index (κ3) is 6.85. The number of aromatic nitrogens is 2. The maximum Gasteiger partial charge on any atom is 0.255 e. The molecule has 0 radical (unpaired) electrons. The molecule has 3 aromatic rings. The lowest BCUT2D eigenvalue weighted by molar-refractivity contribution is 0.0746. The first-order chi connectivity index (χ1) is 18.1. The monoisotopic (exact) mass is 497 g/mol. The lowest BCUT2D eigenvalue weighted by Gasteiger charge is -2.36. The number of hydrogen-bond acceptors (Lipinski definition) is 6. The zero-order valence-electron chi connectivity index (χ0n) is 21.2. The minimum absolute atomic E-state index is 0.0555. The Balaban J connectivity index is 1.35. The number of carbonyl (C=O) groups is 2. The Kier molecular flexibility index (Phi) is 8.71. The summed E-state index contributed by atoms with van der Waals surface area (Å²) in [4.78, 5) is 37.7. The number of hydrogen-bond donors (Lipinski definition) is 1. The van der Waals surface area contributed by atoms with Crippen molar-refractivity contribution in [2.45, 2.75) is 20.3 Å². The highest BCUT2D eigenvalue weighted by Gasteiger charge is 2.23. The highest BCUT2D eigenvalue weighted by molar-refractivity contribution is 5.95. The van der Waals surface area contributed by atoms with E-state index in [4.69, 9.17) is 4.74 Å². The lowest BCUT2D eigenvalue weighted by Crippen LogP contribution is -2.48. The van der Waals surface area contributed by atoms with Crippen LogP contribution in [0.3, 0.4) is 0 Å². The van der Waals surface area contributed by atoms with Gasteiger partial charge >= 0.3 is 0 Å². The van der Waals surface area contributed by atoms with Gasteiger partial charge in [-0.2, -0.15) is 0 Å². The van der Waals surface area contributed by atoms with E-state index in [1.807, 2.05) is 49.1 Å². The van der Waals surface area contributed by atoms with Gasteiger partial charge in [0.1, 0.15) is 5.75 Å². The van der Waals surface area contributed by atoms with Crippen LogP contribution in [0.2, 0.25) is 0 Å². The number of carbonyl (C=O) groups excluding carboxylic acids is 2. The summed E-state index contributed by atoms with van der Waals surface area (Å²) in [5.74, 6) is 6.68. The van der Waals surface area contributed by atoms with Gasteiger partial charge in [0.2, 0.25) is 0 Å². The van der Waals surface area contributed by atoms with Gasteiger partial charge in [0.05, 0.1) is 18.4 Å². The van der Waals surface area contributed by atoms with Crippen molar-refractivity contribution in [3.8, 4) is 17.6 Å². The highest BCUT2D eigenvalue weighted by Crippen LogP contribution is 2.19. The molecule has 37 heavy (non-hydrogen) atoms. The van der Waals surface area contributed by atoms with Crippen molar-refractivity contribution in [3.63, 3.8) is 0 Å². The Labute approximate surface area is 217 Å². The van der Waals surface area contributed by atoms with Crippen molar-refractivity contribution in [1.29, 1.82) is 0 Å². The van der Waals surface area contributed by atoms with Crippen LogP contribution in [0, 0.1) is 11.8 Å². The number of amides is 2. The van der Waals surface area contributed by atoms with Gasteiger partial charge in [-0.15, -0.1) is 0 Å². The van der Waals surface area contributed by atoms with Crippen LogP contribution in [-0.4, -0.2) is 66.0 Å². The molecule has 2 aromatic heterocycles. The molecule has 8 nitrogen and oxygen atoms in total. The fourth-order valence-electron chi connectivity index (χ4n) is 4.02. The third-order valence-electron chi connectivity index (χ3n) is 5.96. The van der Waals surface area contributed by atoms with Gasteiger partial charge in [0.25, 0.3) is 11.8 Å². The number of ether oxygens (including phenoxy) is 1. The van der Waals surface area contributed by atoms with Crippen LogP contribution in [0.25, 0.3) is 0 Å². The second-order valence-corrected chi connectivity index (χ2v) is 8.64. The Bertz CT molecular complexity index is 1290. The molecule has 1 aliphatic rings. The Morgan fingerprint density at radius 2 is 1.57 bits per heavy atom. The van der Waals surface area contributed by atoms with Crippen molar-refractivity contribution in [3.05, 3.63) is 83.4 Å². The number of nitrogens with one attached hydrogen (secondary N) is 1. The molecule has 1 N–H and O–H groups in total. The summed E-state index contributed by atoms with van der Waals surface area (Å²) in [7, 11) is 0. The second-order valence-electron chi connectivity index (χ2n) is 8.64. The van der Waals surface area contributed by atoms with Crippen LogP contribution >= 0.6 is 0 Å². The molecule has 2 amide bonds. The SMILES string of the molecule is CCCNC(=O)c1ccc(N2CCN(C(=O)c3cncc(C#Cc4cncc(OCC)c4)c3)CC2)cc1. The summed E-state index contributed by atoms with van der Waals surface area (Å²) in [6.45, 7) is 7.80. The predicted molar refractivity (Wildman–Crippen MR) is 143 cm³/mol. The summed E-state index contributed by atoms with van der Waals surface area (Å²) in [6, 6.07) is 11.2. The first-order valence-electron chi connectivity index (χ1n) is 12.5. The van der Waals surface area contributed by atoms with Crippen LogP contribution in [-0.2, 0) is 0 Å². The summed E-state index contributed by atoms with van der Waals surface area (Å²) in [5, 5.41) is 2.89. The van der Waals surface area contributed by atoms with Gasteiger partial charge in [-0.3, -0.25) is 19.6 Å². The van der Waals surface area contributed by atoms with Crippen molar-refractivity contribution in [2.24, 2.45) is 0 Å². The normalized spacial score (nSPS) is 12.9. The molecule has 4 rings (SSSR count). The van der Waals surface area contributed by atoms with E-state index in [9.17, 15) is 9.59 Å². The largest absolute Gasteiger partial charge is 0.492 e. The number of benzene rings is 1. The molecule has 8 heteroatoms. The van der Waals surface area contributed by atoms with E-state index in [1.165, 1.54) is 0 Å². The minimum Gasteiger partial charge on any atom is -0.492 e. The summed E-state index contributed by atoms with van der Waals surface area (Å²) in [5.41, 5.74) is 3.60. The molecule has 1 aliphatic heterocycles. The quantitative estimate of drug-likeness (QED) is 0.504. The minimum atomic E-state index is -0.0567. The zero-order valence-corrected chi connectivity index (χ0v) is 21.2. The molecule has 0 unspecified atom stereocenters. The number of piperazine rings is 1. The van der Waals surface area contributed by atoms with Crippen LogP contribution in [0.5, 0.6) is 5.75 Å². The van der Waals surface area contributed by atoms with E-state index in [1.54, 1.807) is 30.9 Å². The van der Waals surface area contributed by atoms with Crippen LogP contribution in [0.1, 0.15) is 52.1 Å². The maximum atomic E-state index is 13.1. The standard InChI is InChI=1S/C29H31N5O3/c1-3-11-32-28(35)24-7-9-26(10-8-24)33-12-14-34(15-13-33)29(36)25-16-22(18-30-20-25)5-6-23-17-27(37-4-2)21-31-19-23/h7-10,16-21H,3-4,11-15H2,1-2H3,(H,32,35). The number of anilines is 1. The molecule has 1 aromatic carbocycles. The van der Waals surface area contributed by atoms with Gasteiger partial charge in [-0.05, 0) is 49.7 Å². The van der Waals surface area contributed by atoms with E-state index >= 15 is 0 Å². The van der Waals surface area contributed by atoms with E-state index in [0.29, 0.717) is 61.8 Å². The Hall–Kier alpha value is -4.38. The van der Waals surface area contributed by atoms with Crippen LogP contribution in [0.15, 0.2) is 61.2 Å². The molecular weight excluding hydrogens is 466 g/mol. The average molecular weight is 498 g/mol. The fraction of sp³-hybridized carbons (Fsp3) is 0.310. The summed E-state index contributed by atoms with van der Waals surface area (Å²) >= 11 is 0. The van der Waals surface area contributed by atoms with Crippen LogP contribution in [0.4, 0.5) is 5.69 Å². The van der Waals surface area contributed by atoms with Gasteiger partial charge in [-0.25, -0.2) is 0 Å². The van der Waals surface area contributed by atoms with Crippen molar-refractivity contribution in [1.82, 2.24) is 20.2 Å². The summed E-state index contributed by atoms with van der Waals surface area (Å²) in [6.07, 6.45) is 7.46. The molecule has 0 aliphatic carbocycles. The predicted octanol–water partition coefficient (Wildman–Crippen LogP) is 3.38. The van der Waals surface area contributed by atoms with E-state index in [2.05, 4.69) is 32.0 Å². The van der Waals surface area contributed by atoms with E-state index in [0.717, 1.165) is 17.7 Å². The lowest BCUT2D eigenvalue weighted by atomic mass is 10.1. The van der Waals surface area contributed by atoms with Gasteiger partial charge in [-0.1, -0.05) is 18.8 Å². The summed E-state index contributed by atoms with van der Waals surface area (Å²) < 4.78 is 5.47. The number of nitrogens with zero attached hydrogens (tertiary/aromatic N) is 4. The van der Waals surface area contributed by atoms with E-state index < -0.39 is 0 Å². The molecular formula is C29H31N5O3. The zero-order chi connectivity index (χ0) is 26.0. The van der Waals surface area contributed by atoms with Gasteiger partial charge < -0.3 is 19.9 Å². The average Bonchev–Trinajstić information content (AvgIpc) is 2.95. The molecule has 1 fully saturated rings. The molecule has 0 saturated carbocycles. The van der Waals surface area contributed by atoms with E-state index in [-0.39, 0.29) is 11.8 Å². The molecule has 0 spiro atoms. The second kappa shape index (κ2) is 12.5. The Morgan fingerprint density at radius 1 is 0.892 bits per heavy atom. The van der Waals surface area contributed by atoms with Crippen molar-refractivity contribution < 1.29 is 14.3 Å². The van der Waals surface area contributed by atoms with Gasteiger partial charge in [0.15, 0.2) is 0 Å². The number of pyridine rings is 2. The molecule has 190 valence electrons. The van der Waals surface area contributed by atoms with Crippen molar-refractivity contribution >= 4 is 17.5 Å². The first kappa shape index (κ1) is 25.7. The molecule has 0 atom stereocenters. The fourth-order valence-corrected chi connectivity index (χ4v) is 4.02. The highest BCUT2D eigenvalue weighted by atomic mass is 16.5. The topological polar surface area (TPSA) is 87.7 Å². The van der Waals surface area contributed by atoms with Crippen LogP contribution < -0.4 is 15.0 Å². The molecule has 0 bridgehead atoms. The van der Waals surface area contributed by atoms with Crippen molar-refractivity contribution in [2.75, 3.05) is 44.2 Å². The first-order valence-corrected chi connectivity index (χ1v) is 12.5. The molecule has 3 heterocycles. The maximum absolute atomic E-state index is 13.1. The smallest absolute Gasteiger partial charge is 0.255 e. The third-order valence-corrected chi connectivity index (χ3v) is 5.96.